The molecule has 1 aliphatic carbocycles. The SMILES string of the molecule is O=C(CBr)Nc1cc2c3c(c1)Cc1cc(NC(=O)CBr)cc4c1OCCOCCOc1c(cc(NC(=O)CBr)cc1Cc1cc(NC(=O)CBr)cc(c1OCCOCCO3)C2)C4. The molecule has 18 heteroatoms. The van der Waals surface area contributed by atoms with Crippen molar-refractivity contribution < 1.29 is 47.6 Å². The molecule has 0 aromatic heterocycles. The van der Waals surface area contributed by atoms with Gasteiger partial charge < -0.3 is 49.7 Å². The topological polar surface area (TPSA) is 172 Å². The highest BCUT2D eigenvalue weighted by Gasteiger charge is 2.26. The molecule has 0 unspecified atom stereocenters. The average Bonchev–Trinajstić information content (AvgIpc) is 3.24. The Morgan fingerprint density at radius 1 is 0.355 bits per heavy atom. The molecule has 4 aromatic rings. The molecule has 4 aromatic carbocycles. The number of rotatable bonds is 8. The highest BCUT2D eigenvalue weighted by molar-refractivity contribution is 9.10. The number of hydrogen-bond donors (Lipinski definition) is 4. The van der Waals surface area contributed by atoms with Crippen molar-refractivity contribution in [2.75, 3.05) is 95.4 Å². The molecule has 4 amide bonds. The first-order valence-electron chi connectivity index (χ1n) is 19.9. The van der Waals surface area contributed by atoms with Crippen molar-refractivity contribution in [1.82, 2.24) is 0 Å². The third-order valence-corrected chi connectivity index (χ3v) is 12.0. The van der Waals surface area contributed by atoms with Gasteiger partial charge in [-0.2, -0.15) is 0 Å². The van der Waals surface area contributed by atoms with Gasteiger partial charge in [-0.15, -0.1) is 0 Å². The van der Waals surface area contributed by atoms with Gasteiger partial charge in [0.15, 0.2) is 0 Å². The Balaban J connectivity index is 1.58. The third kappa shape index (κ3) is 11.7. The number of alkyl halides is 4. The van der Waals surface area contributed by atoms with Crippen LogP contribution in [0.4, 0.5) is 22.7 Å². The van der Waals surface area contributed by atoms with Crippen LogP contribution in [0.25, 0.3) is 0 Å². The van der Waals surface area contributed by atoms with Gasteiger partial charge in [-0.25, -0.2) is 0 Å². The van der Waals surface area contributed by atoms with Crippen molar-refractivity contribution in [3.8, 4) is 23.0 Å². The van der Waals surface area contributed by atoms with Crippen LogP contribution in [0.1, 0.15) is 44.5 Å². The molecular weight excluding hydrogens is 1060 g/mol. The summed E-state index contributed by atoms with van der Waals surface area (Å²) in [6.07, 6.45) is 1.03. The van der Waals surface area contributed by atoms with Crippen LogP contribution in [-0.2, 0) is 54.3 Å². The van der Waals surface area contributed by atoms with Crippen LogP contribution in [0, 0.1) is 0 Å². The average molecular weight is 1110 g/mol. The first-order chi connectivity index (χ1) is 30.1. The second kappa shape index (κ2) is 21.9. The fourth-order valence-corrected chi connectivity index (χ4v) is 8.27. The van der Waals surface area contributed by atoms with Crippen LogP contribution in [0.3, 0.4) is 0 Å². The summed E-state index contributed by atoms with van der Waals surface area (Å²) in [6.45, 7) is 2.04. The predicted molar refractivity (Wildman–Crippen MR) is 250 cm³/mol. The van der Waals surface area contributed by atoms with E-state index < -0.39 is 0 Å². The molecule has 0 atom stereocenters. The second-order valence-corrected chi connectivity index (χ2v) is 16.8. The number of benzene rings is 4. The number of carbonyl (C=O) groups excluding carboxylic acids is 4. The first-order valence-corrected chi connectivity index (χ1v) is 24.4. The summed E-state index contributed by atoms with van der Waals surface area (Å²) in [7, 11) is 0. The van der Waals surface area contributed by atoms with Gasteiger partial charge in [-0.3, -0.25) is 19.2 Å². The summed E-state index contributed by atoms with van der Waals surface area (Å²) in [4.78, 5) is 51.8. The zero-order chi connectivity index (χ0) is 43.6. The Kier molecular flexibility index (Phi) is 16.2. The number of nitrogens with one attached hydrogen (secondary N) is 4. The smallest absolute Gasteiger partial charge is 0.235 e. The van der Waals surface area contributed by atoms with E-state index in [9.17, 15) is 19.2 Å². The summed E-state index contributed by atoms with van der Waals surface area (Å²) in [5, 5.41) is 12.4. The van der Waals surface area contributed by atoms with Crippen molar-refractivity contribution in [3.05, 3.63) is 93.0 Å². The minimum atomic E-state index is -0.246. The molecule has 0 radical (unpaired) electrons. The van der Waals surface area contributed by atoms with E-state index in [1.165, 1.54) is 0 Å². The van der Waals surface area contributed by atoms with E-state index in [0.717, 1.165) is 44.5 Å². The lowest BCUT2D eigenvalue weighted by Crippen LogP contribution is -2.19. The lowest BCUT2D eigenvalue weighted by atomic mass is 9.90. The number of halogens is 4. The molecule has 7 rings (SSSR count). The molecule has 328 valence electrons. The van der Waals surface area contributed by atoms with Gasteiger partial charge in [-0.1, -0.05) is 63.7 Å². The number of carbonyl (C=O) groups is 4. The Labute approximate surface area is 392 Å². The van der Waals surface area contributed by atoms with Gasteiger partial charge >= 0.3 is 0 Å². The number of amides is 4. The molecular formula is C44H44Br4N4O10. The molecule has 62 heavy (non-hydrogen) atoms. The van der Waals surface area contributed by atoms with E-state index >= 15 is 0 Å². The van der Waals surface area contributed by atoms with Gasteiger partial charge in [0.2, 0.25) is 23.6 Å². The molecule has 0 saturated carbocycles. The molecule has 2 heterocycles. The maximum atomic E-state index is 12.9. The maximum Gasteiger partial charge on any atom is 0.235 e. The Bertz CT molecular complexity index is 2030. The quantitative estimate of drug-likeness (QED) is 0.116. The third-order valence-electron chi connectivity index (χ3n) is 10.0. The van der Waals surface area contributed by atoms with E-state index in [0.29, 0.717) is 45.7 Å². The lowest BCUT2D eigenvalue weighted by Gasteiger charge is -2.26. The Morgan fingerprint density at radius 3 is 0.726 bits per heavy atom. The fraction of sp³-hybridized carbons (Fsp3) is 0.364. The maximum absolute atomic E-state index is 12.9. The van der Waals surface area contributed by atoms with Gasteiger partial charge in [0.1, 0.15) is 49.4 Å². The van der Waals surface area contributed by atoms with E-state index in [4.69, 9.17) is 28.4 Å². The molecule has 14 nitrogen and oxygen atoms in total. The van der Waals surface area contributed by atoms with Gasteiger partial charge in [-0.05, 0) is 48.5 Å². The van der Waals surface area contributed by atoms with Gasteiger partial charge in [0.25, 0.3) is 0 Å². The van der Waals surface area contributed by atoms with E-state index in [2.05, 4.69) is 85.0 Å². The van der Waals surface area contributed by atoms with Crippen molar-refractivity contribution >= 4 is 110 Å². The van der Waals surface area contributed by atoms with Crippen LogP contribution < -0.4 is 40.2 Å². The summed E-state index contributed by atoms with van der Waals surface area (Å²) in [6, 6.07) is 15.1. The minimum Gasteiger partial charge on any atom is -0.491 e. The molecule has 12 bridgehead atoms. The minimum absolute atomic E-state index is 0.0794. The van der Waals surface area contributed by atoms with Crippen LogP contribution in [-0.4, -0.2) is 97.8 Å². The Morgan fingerprint density at radius 2 is 0.548 bits per heavy atom. The van der Waals surface area contributed by atoms with E-state index in [1.807, 2.05) is 48.5 Å². The van der Waals surface area contributed by atoms with E-state index in [-0.39, 0.29) is 123 Å². The standard InChI is InChI=1S/C44H44Br4N4O10/c45-21-37(53)49-33-13-25-9-26-14-34(50-38(54)22-46)19-31-12-32-20-36(52-40(56)24-48)16-28-10-27-15-35(51-39(55)23-47)18-30(43(27)61-7-3-58-4-8-62-44(28)32)11-29(17-33)41(25)59-5-1-57-2-6-60-42(26)31/h13-20H,1-12,21-24H2,(H,49,53)(H,50,54)(H,51,55)(H,52,56). The summed E-state index contributed by atoms with van der Waals surface area (Å²) in [5.74, 6) is 1.33. The zero-order valence-corrected chi connectivity index (χ0v) is 39.9. The van der Waals surface area contributed by atoms with Crippen LogP contribution in [0.15, 0.2) is 48.5 Å². The summed E-state index contributed by atoms with van der Waals surface area (Å²) < 4.78 is 38.6. The van der Waals surface area contributed by atoms with Gasteiger partial charge in [0.05, 0.1) is 47.7 Å². The molecule has 0 spiro atoms. The first kappa shape index (κ1) is 45.8. The summed E-state index contributed by atoms with van der Waals surface area (Å²) in [5.41, 5.74) is 8.02. The van der Waals surface area contributed by atoms with Crippen LogP contribution in [0.2, 0.25) is 0 Å². The molecule has 2 aliphatic heterocycles. The Hall–Kier alpha value is -4.20. The zero-order valence-electron chi connectivity index (χ0n) is 33.5. The normalized spacial score (nSPS) is 14.9. The lowest BCUT2D eigenvalue weighted by molar-refractivity contribution is -0.114. The molecule has 0 fully saturated rings. The van der Waals surface area contributed by atoms with Crippen molar-refractivity contribution in [1.29, 1.82) is 0 Å². The van der Waals surface area contributed by atoms with Gasteiger partial charge in [0, 0.05) is 92.9 Å². The van der Waals surface area contributed by atoms with Crippen molar-refractivity contribution in [2.45, 2.75) is 25.7 Å². The number of hydrogen-bond acceptors (Lipinski definition) is 10. The fourth-order valence-electron chi connectivity index (χ4n) is 7.71. The number of ether oxygens (including phenoxy) is 6. The van der Waals surface area contributed by atoms with Crippen molar-refractivity contribution in [3.63, 3.8) is 0 Å². The number of anilines is 4. The highest BCUT2D eigenvalue weighted by Crippen LogP contribution is 2.43. The molecule has 0 saturated heterocycles. The largest absolute Gasteiger partial charge is 0.491 e. The monoisotopic (exact) mass is 1100 g/mol. The highest BCUT2D eigenvalue weighted by atomic mass is 79.9. The predicted octanol–water partition coefficient (Wildman–Crippen LogP) is 7.27. The summed E-state index contributed by atoms with van der Waals surface area (Å²) >= 11 is 13.2. The van der Waals surface area contributed by atoms with Crippen LogP contribution in [0.5, 0.6) is 23.0 Å². The van der Waals surface area contributed by atoms with Crippen molar-refractivity contribution in [2.24, 2.45) is 0 Å². The molecule has 3 aliphatic rings. The van der Waals surface area contributed by atoms with Crippen LogP contribution >= 0.6 is 63.7 Å². The molecule has 4 N–H and O–H groups in total. The second-order valence-electron chi connectivity index (χ2n) is 14.5. The van der Waals surface area contributed by atoms with E-state index in [1.54, 1.807) is 0 Å².